The number of ether oxygens (including phenoxy) is 2. The highest BCUT2D eigenvalue weighted by Crippen LogP contribution is 2.33. The number of benzene rings is 3. The van der Waals surface area contributed by atoms with E-state index < -0.39 is 0 Å². The number of nitrogens with one attached hydrogen (secondary N) is 1. The molecule has 4 rings (SSSR count). The van der Waals surface area contributed by atoms with E-state index in [4.69, 9.17) is 9.47 Å². The molecule has 174 valence electrons. The molecule has 1 aromatic heterocycles. The molecule has 1 heterocycles. The minimum absolute atomic E-state index is 0.0258. The Morgan fingerprint density at radius 2 is 1.68 bits per heavy atom. The highest BCUT2D eigenvalue weighted by Gasteiger charge is 2.12. The Morgan fingerprint density at radius 3 is 2.41 bits per heavy atom. The van der Waals surface area contributed by atoms with Gasteiger partial charge >= 0.3 is 0 Å². The number of methoxy groups -OCH3 is 1. The summed E-state index contributed by atoms with van der Waals surface area (Å²) >= 11 is 0. The summed E-state index contributed by atoms with van der Waals surface area (Å²) in [4.78, 5) is 16.6. The van der Waals surface area contributed by atoms with Crippen LogP contribution in [0.25, 0.3) is 11.3 Å². The van der Waals surface area contributed by atoms with E-state index in [1.54, 1.807) is 19.6 Å². The van der Waals surface area contributed by atoms with E-state index in [1.165, 1.54) is 5.56 Å². The molecule has 0 bridgehead atoms. The first-order chi connectivity index (χ1) is 16.7. The molecule has 0 saturated carbocycles. The maximum atomic E-state index is 12.3. The number of hydrogen-bond acceptors (Lipinski definition) is 4. The second-order valence-electron chi connectivity index (χ2n) is 7.95. The minimum atomic E-state index is 0.0258. The van der Waals surface area contributed by atoms with E-state index in [2.05, 4.69) is 22.4 Å². The summed E-state index contributed by atoms with van der Waals surface area (Å²) in [6, 6.07) is 26.0. The van der Waals surface area contributed by atoms with Crippen LogP contribution in [0.15, 0.2) is 91.4 Å². The largest absolute Gasteiger partial charge is 0.493 e. The van der Waals surface area contributed by atoms with Gasteiger partial charge in [-0.05, 0) is 35.7 Å². The van der Waals surface area contributed by atoms with E-state index in [9.17, 15) is 4.79 Å². The average Bonchev–Trinajstić information content (AvgIpc) is 3.36. The molecule has 4 aromatic rings. The van der Waals surface area contributed by atoms with Gasteiger partial charge in [-0.15, -0.1) is 0 Å². The molecule has 0 fully saturated rings. The summed E-state index contributed by atoms with van der Waals surface area (Å²) in [5.74, 6) is 1.36. The van der Waals surface area contributed by atoms with Gasteiger partial charge in [-0.3, -0.25) is 4.79 Å². The number of imidazole rings is 1. The van der Waals surface area contributed by atoms with Crippen LogP contribution >= 0.6 is 0 Å². The molecule has 1 N–H and O–H groups in total. The number of hydrogen-bond donors (Lipinski definition) is 1. The van der Waals surface area contributed by atoms with Crippen molar-refractivity contribution in [2.45, 2.75) is 26.0 Å². The molecular formula is C28H29N3O3. The van der Waals surface area contributed by atoms with Gasteiger partial charge in [-0.1, -0.05) is 60.7 Å². The van der Waals surface area contributed by atoms with Crippen molar-refractivity contribution in [2.75, 3.05) is 13.7 Å². The highest BCUT2D eigenvalue weighted by atomic mass is 16.5. The van der Waals surface area contributed by atoms with Crippen molar-refractivity contribution in [1.29, 1.82) is 0 Å². The van der Waals surface area contributed by atoms with Crippen molar-refractivity contribution in [3.05, 3.63) is 103 Å². The van der Waals surface area contributed by atoms with Crippen LogP contribution in [0.3, 0.4) is 0 Å². The van der Waals surface area contributed by atoms with Gasteiger partial charge < -0.3 is 19.4 Å². The summed E-state index contributed by atoms with van der Waals surface area (Å²) in [5.41, 5.74) is 4.18. The van der Waals surface area contributed by atoms with Gasteiger partial charge in [0.25, 0.3) is 0 Å². The Labute approximate surface area is 200 Å². The number of carbonyl (C=O) groups is 1. The topological polar surface area (TPSA) is 65.4 Å². The number of aromatic nitrogens is 2. The number of carbonyl (C=O) groups excluding carboxylic acids is 1. The zero-order chi connectivity index (χ0) is 23.6. The number of amides is 1. The van der Waals surface area contributed by atoms with Crippen LogP contribution < -0.4 is 14.8 Å². The normalized spacial score (nSPS) is 10.6. The standard InChI is InChI=1S/C28H29N3O3/c1-33-27-18-24(12-13-26(27)34-20-23-10-6-3-7-11-23)25-19-29-21-31(25)17-15-28(32)30-16-14-22-8-4-2-5-9-22/h2-13,18-19,21H,14-17,20H2,1H3,(H,30,32). The third-order valence-corrected chi connectivity index (χ3v) is 5.57. The van der Waals surface area contributed by atoms with Gasteiger partial charge in [-0.25, -0.2) is 4.98 Å². The summed E-state index contributed by atoms with van der Waals surface area (Å²) in [6.07, 6.45) is 4.75. The number of aryl methyl sites for hydroxylation is 1. The van der Waals surface area contributed by atoms with Gasteiger partial charge in [0.2, 0.25) is 5.91 Å². The second kappa shape index (κ2) is 11.7. The molecular weight excluding hydrogens is 426 g/mol. The van der Waals surface area contributed by atoms with Crippen molar-refractivity contribution >= 4 is 5.91 Å². The fourth-order valence-electron chi connectivity index (χ4n) is 3.72. The van der Waals surface area contributed by atoms with Crippen LogP contribution in [-0.2, 0) is 24.4 Å². The third kappa shape index (κ3) is 6.25. The molecule has 3 aromatic carbocycles. The summed E-state index contributed by atoms with van der Waals surface area (Å²) in [5, 5.41) is 3.00. The van der Waals surface area contributed by atoms with Crippen molar-refractivity contribution in [1.82, 2.24) is 14.9 Å². The molecule has 0 aliphatic heterocycles. The highest BCUT2D eigenvalue weighted by molar-refractivity contribution is 5.76. The van der Waals surface area contributed by atoms with Gasteiger partial charge in [0.1, 0.15) is 6.61 Å². The van der Waals surface area contributed by atoms with E-state index >= 15 is 0 Å². The molecule has 0 atom stereocenters. The Bertz CT molecular complexity index is 1190. The lowest BCUT2D eigenvalue weighted by atomic mass is 10.1. The van der Waals surface area contributed by atoms with E-state index in [0.717, 1.165) is 23.2 Å². The van der Waals surface area contributed by atoms with Crippen LogP contribution in [0.1, 0.15) is 17.5 Å². The van der Waals surface area contributed by atoms with E-state index in [-0.39, 0.29) is 5.91 Å². The Hall–Kier alpha value is -4.06. The van der Waals surface area contributed by atoms with Crippen LogP contribution in [0.5, 0.6) is 11.5 Å². The molecule has 0 radical (unpaired) electrons. The lowest BCUT2D eigenvalue weighted by molar-refractivity contribution is -0.121. The molecule has 34 heavy (non-hydrogen) atoms. The van der Waals surface area contributed by atoms with Gasteiger partial charge in [-0.2, -0.15) is 0 Å². The predicted molar refractivity (Wildman–Crippen MR) is 133 cm³/mol. The maximum Gasteiger partial charge on any atom is 0.221 e. The first-order valence-corrected chi connectivity index (χ1v) is 11.4. The van der Waals surface area contributed by atoms with E-state index in [0.29, 0.717) is 37.6 Å². The molecule has 0 aliphatic rings. The Kier molecular flexibility index (Phi) is 7.95. The minimum Gasteiger partial charge on any atom is -0.493 e. The van der Waals surface area contributed by atoms with Crippen molar-refractivity contribution in [3.63, 3.8) is 0 Å². The fraction of sp³-hybridized carbons (Fsp3) is 0.214. The quantitative estimate of drug-likeness (QED) is 0.350. The first-order valence-electron chi connectivity index (χ1n) is 11.4. The number of nitrogens with zero attached hydrogens (tertiary/aromatic N) is 2. The van der Waals surface area contributed by atoms with Gasteiger partial charge in [0, 0.05) is 25.1 Å². The van der Waals surface area contributed by atoms with Crippen LogP contribution in [-0.4, -0.2) is 29.1 Å². The fourth-order valence-corrected chi connectivity index (χ4v) is 3.72. The van der Waals surface area contributed by atoms with Crippen LogP contribution in [0, 0.1) is 0 Å². The van der Waals surface area contributed by atoms with Crippen LogP contribution in [0.4, 0.5) is 0 Å². The molecule has 6 heteroatoms. The SMILES string of the molecule is COc1cc(-c2cncn2CCC(=O)NCCc2ccccc2)ccc1OCc1ccccc1. The second-order valence-corrected chi connectivity index (χ2v) is 7.95. The van der Waals surface area contributed by atoms with Crippen LogP contribution in [0.2, 0.25) is 0 Å². The molecule has 6 nitrogen and oxygen atoms in total. The maximum absolute atomic E-state index is 12.3. The molecule has 0 aliphatic carbocycles. The van der Waals surface area contributed by atoms with Gasteiger partial charge in [0.05, 0.1) is 25.3 Å². The number of rotatable bonds is 11. The lowest BCUT2D eigenvalue weighted by Crippen LogP contribution is -2.26. The smallest absolute Gasteiger partial charge is 0.221 e. The Balaban J connectivity index is 1.34. The van der Waals surface area contributed by atoms with Gasteiger partial charge in [0.15, 0.2) is 11.5 Å². The molecule has 0 unspecified atom stereocenters. The first kappa shape index (κ1) is 23.1. The monoisotopic (exact) mass is 455 g/mol. The van der Waals surface area contributed by atoms with Crippen molar-refractivity contribution < 1.29 is 14.3 Å². The summed E-state index contributed by atoms with van der Waals surface area (Å²) in [6.45, 7) is 1.64. The molecule has 0 spiro atoms. The zero-order valence-electron chi connectivity index (χ0n) is 19.3. The summed E-state index contributed by atoms with van der Waals surface area (Å²) < 4.78 is 13.5. The average molecular weight is 456 g/mol. The Morgan fingerprint density at radius 1 is 0.941 bits per heavy atom. The lowest BCUT2D eigenvalue weighted by Gasteiger charge is -2.13. The third-order valence-electron chi connectivity index (χ3n) is 5.57. The summed E-state index contributed by atoms with van der Waals surface area (Å²) in [7, 11) is 1.63. The molecule has 1 amide bonds. The van der Waals surface area contributed by atoms with E-state index in [1.807, 2.05) is 71.3 Å². The predicted octanol–water partition coefficient (Wildman–Crippen LogP) is 4.89. The molecule has 0 saturated heterocycles. The van der Waals surface area contributed by atoms with Crippen molar-refractivity contribution in [2.24, 2.45) is 0 Å². The zero-order valence-corrected chi connectivity index (χ0v) is 19.3. The van der Waals surface area contributed by atoms with Crippen molar-refractivity contribution in [3.8, 4) is 22.8 Å².